The van der Waals surface area contributed by atoms with Crippen LogP contribution in [0.25, 0.3) is 0 Å². The standard InChI is InChI=1S/C19H20N4O2/c1-13-20-18(25-21-13)16-12-23(19(24)17-9-6-10-22(17)2)11-15(16)14-7-4-3-5-8-14/h3-10,15-16H,11-12H2,1-2H3/t15-,16+/m0/s1. The molecule has 0 bridgehead atoms. The molecule has 2 atom stereocenters. The van der Waals surface area contributed by atoms with E-state index in [2.05, 4.69) is 22.3 Å². The highest BCUT2D eigenvalue weighted by Gasteiger charge is 2.40. The smallest absolute Gasteiger partial charge is 0.270 e. The van der Waals surface area contributed by atoms with Gasteiger partial charge in [0.2, 0.25) is 5.89 Å². The Kier molecular flexibility index (Phi) is 3.87. The summed E-state index contributed by atoms with van der Waals surface area (Å²) in [6.07, 6.45) is 1.89. The summed E-state index contributed by atoms with van der Waals surface area (Å²) in [5, 5.41) is 3.93. The van der Waals surface area contributed by atoms with Crippen molar-refractivity contribution >= 4 is 5.91 Å². The molecular formula is C19H20N4O2. The Morgan fingerprint density at radius 3 is 2.52 bits per heavy atom. The number of carbonyl (C=O) groups excluding carboxylic acids is 1. The van der Waals surface area contributed by atoms with Crippen molar-refractivity contribution in [3.8, 4) is 0 Å². The lowest BCUT2D eigenvalue weighted by Crippen LogP contribution is -2.30. The van der Waals surface area contributed by atoms with Crippen LogP contribution in [-0.2, 0) is 7.05 Å². The number of amides is 1. The summed E-state index contributed by atoms with van der Waals surface area (Å²) in [4.78, 5) is 19.2. The van der Waals surface area contributed by atoms with Gasteiger partial charge in [0, 0.05) is 32.3 Å². The van der Waals surface area contributed by atoms with Crippen LogP contribution in [-0.4, -0.2) is 38.6 Å². The number of aryl methyl sites for hydroxylation is 2. The van der Waals surface area contributed by atoms with Crippen LogP contribution in [0.15, 0.2) is 53.2 Å². The molecule has 1 fully saturated rings. The summed E-state index contributed by atoms with van der Waals surface area (Å²) in [7, 11) is 1.89. The molecule has 1 aliphatic rings. The number of nitrogens with zero attached hydrogens (tertiary/aromatic N) is 4. The molecule has 3 heterocycles. The summed E-state index contributed by atoms with van der Waals surface area (Å²) < 4.78 is 7.29. The number of hydrogen-bond acceptors (Lipinski definition) is 4. The summed E-state index contributed by atoms with van der Waals surface area (Å²) in [5.74, 6) is 1.41. The van der Waals surface area contributed by atoms with Gasteiger partial charge in [-0.1, -0.05) is 35.5 Å². The number of hydrogen-bond donors (Lipinski definition) is 0. The second-order valence-corrected chi connectivity index (χ2v) is 6.52. The van der Waals surface area contributed by atoms with Crippen LogP contribution in [0.1, 0.15) is 39.6 Å². The molecule has 1 aliphatic heterocycles. The molecule has 0 saturated carbocycles. The Bertz CT molecular complexity index is 884. The molecule has 6 nitrogen and oxygen atoms in total. The molecule has 4 rings (SSSR count). The lowest BCUT2D eigenvalue weighted by atomic mass is 9.89. The number of aromatic nitrogens is 3. The van der Waals surface area contributed by atoms with Crippen LogP contribution in [0.4, 0.5) is 0 Å². The number of likely N-dealkylation sites (tertiary alicyclic amines) is 1. The van der Waals surface area contributed by atoms with Crippen molar-refractivity contribution in [3.63, 3.8) is 0 Å². The van der Waals surface area contributed by atoms with Crippen LogP contribution >= 0.6 is 0 Å². The molecular weight excluding hydrogens is 316 g/mol. The van der Waals surface area contributed by atoms with Gasteiger partial charge < -0.3 is 14.0 Å². The zero-order chi connectivity index (χ0) is 17.4. The van der Waals surface area contributed by atoms with Gasteiger partial charge in [-0.25, -0.2) is 0 Å². The molecule has 2 aromatic heterocycles. The number of carbonyl (C=O) groups is 1. The number of rotatable bonds is 3. The first-order valence-corrected chi connectivity index (χ1v) is 8.39. The van der Waals surface area contributed by atoms with Crippen molar-refractivity contribution in [3.05, 3.63) is 71.6 Å². The van der Waals surface area contributed by atoms with Gasteiger partial charge in [-0.3, -0.25) is 4.79 Å². The van der Waals surface area contributed by atoms with Gasteiger partial charge >= 0.3 is 0 Å². The third-order valence-electron chi connectivity index (χ3n) is 4.86. The first kappa shape index (κ1) is 15.6. The van der Waals surface area contributed by atoms with Crippen LogP contribution in [0, 0.1) is 6.92 Å². The molecule has 6 heteroatoms. The molecule has 3 aromatic rings. The SMILES string of the molecule is Cc1noc([C@@H]2CN(C(=O)c3cccn3C)C[C@H]2c2ccccc2)n1. The first-order chi connectivity index (χ1) is 12.1. The van der Waals surface area contributed by atoms with E-state index in [0.717, 1.165) is 0 Å². The zero-order valence-corrected chi connectivity index (χ0v) is 14.3. The molecule has 1 saturated heterocycles. The predicted octanol–water partition coefficient (Wildman–Crippen LogP) is 2.74. The fourth-order valence-corrected chi connectivity index (χ4v) is 3.57. The Labute approximate surface area is 146 Å². The van der Waals surface area contributed by atoms with Crippen molar-refractivity contribution in [2.45, 2.75) is 18.8 Å². The van der Waals surface area contributed by atoms with Crippen LogP contribution < -0.4 is 0 Å². The Morgan fingerprint density at radius 2 is 1.88 bits per heavy atom. The molecule has 1 aromatic carbocycles. The second kappa shape index (κ2) is 6.20. The predicted molar refractivity (Wildman–Crippen MR) is 92.3 cm³/mol. The van der Waals surface area contributed by atoms with E-state index in [1.54, 1.807) is 0 Å². The molecule has 0 spiro atoms. The second-order valence-electron chi connectivity index (χ2n) is 6.52. The fourth-order valence-electron chi connectivity index (χ4n) is 3.57. The molecule has 0 unspecified atom stereocenters. The van der Waals surface area contributed by atoms with Crippen molar-refractivity contribution < 1.29 is 9.32 Å². The molecule has 0 radical (unpaired) electrons. The van der Waals surface area contributed by atoms with Crippen molar-refractivity contribution in [2.24, 2.45) is 7.05 Å². The summed E-state index contributed by atoms with van der Waals surface area (Å²) >= 11 is 0. The number of benzene rings is 1. The minimum absolute atomic E-state index is 0.00724. The molecule has 0 N–H and O–H groups in total. The van der Waals surface area contributed by atoms with Gasteiger partial charge in [0.1, 0.15) is 5.69 Å². The van der Waals surface area contributed by atoms with E-state index in [-0.39, 0.29) is 17.7 Å². The molecule has 128 valence electrons. The monoisotopic (exact) mass is 336 g/mol. The normalized spacial score (nSPS) is 20.2. The van der Waals surface area contributed by atoms with Crippen LogP contribution in [0.5, 0.6) is 0 Å². The topological polar surface area (TPSA) is 64.2 Å². The van der Waals surface area contributed by atoms with Gasteiger partial charge in [-0.15, -0.1) is 0 Å². The summed E-state index contributed by atoms with van der Waals surface area (Å²) in [6.45, 7) is 3.03. The van der Waals surface area contributed by atoms with E-state index in [1.807, 2.05) is 60.0 Å². The third-order valence-corrected chi connectivity index (χ3v) is 4.86. The lowest BCUT2D eigenvalue weighted by molar-refractivity contribution is 0.0778. The minimum Gasteiger partial charge on any atom is -0.347 e. The molecule has 0 aliphatic carbocycles. The highest BCUT2D eigenvalue weighted by atomic mass is 16.5. The quantitative estimate of drug-likeness (QED) is 0.738. The van der Waals surface area contributed by atoms with Gasteiger partial charge in [0.15, 0.2) is 5.82 Å². The maximum atomic E-state index is 12.9. The maximum absolute atomic E-state index is 12.9. The van der Waals surface area contributed by atoms with E-state index in [0.29, 0.717) is 30.5 Å². The largest absolute Gasteiger partial charge is 0.347 e. The third kappa shape index (κ3) is 2.84. The van der Waals surface area contributed by atoms with Gasteiger partial charge in [-0.05, 0) is 24.6 Å². The Balaban J connectivity index is 1.67. The summed E-state index contributed by atoms with van der Waals surface area (Å²) in [5.41, 5.74) is 1.87. The van der Waals surface area contributed by atoms with E-state index in [1.165, 1.54) is 5.56 Å². The van der Waals surface area contributed by atoms with Crippen LogP contribution in [0.3, 0.4) is 0 Å². The molecule has 25 heavy (non-hydrogen) atoms. The lowest BCUT2D eigenvalue weighted by Gasteiger charge is -2.17. The van der Waals surface area contributed by atoms with E-state index < -0.39 is 0 Å². The van der Waals surface area contributed by atoms with Gasteiger partial charge in [0.05, 0.1) is 5.92 Å². The van der Waals surface area contributed by atoms with Crippen LogP contribution in [0.2, 0.25) is 0 Å². The Hall–Kier alpha value is -2.89. The van der Waals surface area contributed by atoms with Crippen molar-refractivity contribution in [1.29, 1.82) is 0 Å². The van der Waals surface area contributed by atoms with E-state index in [9.17, 15) is 4.79 Å². The van der Waals surface area contributed by atoms with Crippen molar-refractivity contribution in [1.82, 2.24) is 19.6 Å². The zero-order valence-electron chi connectivity index (χ0n) is 14.3. The average Bonchev–Trinajstić information content (AvgIpc) is 3.34. The van der Waals surface area contributed by atoms with Crippen molar-refractivity contribution in [2.75, 3.05) is 13.1 Å². The van der Waals surface area contributed by atoms with Gasteiger partial charge in [-0.2, -0.15) is 4.98 Å². The van der Waals surface area contributed by atoms with E-state index in [4.69, 9.17) is 4.52 Å². The highest BCUT2D eigenvalue weighted by molar-refractivity contribution is 5.93. The minimum atomic E-state index is 0.00724. The fraction of sp³-hybridized carbons (Fsp3) is 0.316. The van der Waals surface area contributed by atoms with Gasteiger partial charge in [0.25, 0.3) is 5.91 Å². The van der Waals surface area contributed by atoms with E-state index >= 15 is 0 Å². The average molecular weight is 336 g/mol. The summed E-state index contributed by atoms with van der Waals surface area (Å²) in [6, 6.07) is 14.0. The Morgan fingerprint density at radius 1 is 1.12 bits per heavy atom. The highest BCUT2D eigenvalue weighted by Crippen LogP contribution is 2.39. The first-order valence-electron chi connectivity index (χ1n) is 8.39. The maximum Gasteiger partial charge on any atom is 0.270 e. The molecule has 1 amide bonds.